The van der Waals surface area contributed by atoms with Gasteiger partial charge < -0.3 is 0 Å². The SMILES string of the molecule is CCC(C)C(=O)C(=O)CCC(C)C. The molecule has 0 fully saturated rings. The van der Waals surface area contributed by atoms with Gasteiger partial charge in [0.1, 0.15) is 0 Å². The lowest BCUT2D eigenvalue weighted by Gasteiger charge is -2.07. The van der Waals surface area contributed by atoms with E-state index in [1.165, 1.54) is 0 Å². The molecular weight excluding hydrogens is 164 g/mol. The van der Waals surface area contributed by atoms with Crippen LogP contribution < -0.4 is 0 Å². The molecule has 0 saturated carbocycles. The Bertz CT molecular complexity index is 183. The summed E-state index contributed by atoms with van der Waals surface area (Å²) < 4.78 is 0. The number of carbonyl (C=O) groups excluding carboxylic acids is 2. The van der Waals surface area contributed by atoms with E-state index in [1.54, 1.807) is 0 Å². The zero-order valence-corrected chi connectivity index (χ0v) is 9.09. The van der Waals surface area contributed by atoms with Gasteiger partial charge in [-0.15, -0.1) is 0 Å². The summed E-state index contributed by atoms with van der Waals surface area (Å²) >= 11 is 0. The lowest BCUT2D eigenvalue weighted by molar-refractivity contribution is -0.138. The van der Waals surface area contributed by atoms with Crippen molar-refractivity contribution in [2.45, 2.75) is 47.0 Å². The molecule has 0 saturated heterocycles. The highest BCUT2D eigenvalue weighted by Gasteiger charge is 2.19. The number of carbonyl (C=O) groups is 2. The third kappa shape index (κ3) is 4.81. The lowest BCUT2D eigenvalue weighted by atomic mass is 9.96. The van der Waals surface area contributed by atoms with Gasteiger partial charge in [0.2, 0.25) is 5.78 Å². The molecule has 0 aliphatic heterocycles. The molecule has 0 rings (SSSR count). The van der Waals surface area contributed by atoms with E-state index in [9.17, 15) is 9.59 Å². The molecule has 0 aromatic heterocycles. The number of Topliss-reactive ketones (excluding diaryl/α,β-unsaturated/α-hetero) is 2. The highest BCUT2D eigenvalue weighted by Crippen LogP contribution is 2.09. The summed E-state index contributed by atoms with van der Waals surface area (Å²) in [7, 11) is 0. The Morgan fingerprint density at radius 3 is 2.08 bits per heavy atom. The van der Waals surface area contributed by atoms with Gasteiger partial charge in [0.15, 0.2) is 5.78 Å². The molecule has 2 nitrogen and oxygen atoms in total. The smallest absolute Gasteiger partial charge is 0.201 e. The van der Waals surface area contributed by atoms with Crippen LogP contribution in [0.2, 0.25) is 0 Å². The third-order valence-corrected chi connectivity index (χ3v) is 2.28. The second kappa shape index (κ2) is 5.90. The van der Waals surface area contributed by atoms with Crippen molar-refractivity contribution in [3.05, 3.63) is 0 Å². The van der Waals surface area contributed by atoms with Crippen LogP contribution in [0.25, 0.3) is 0 Å². The first kappa shape index (κ1) is 12.3. The van der Waals surface area contributed by atoms with Crippen molar-refractivity contribution in [2.75, 3.05) is 0 Å². The Hall–Kier alpha value is -0.660. The van der Waals surface area contributed by atoms with Gasteiger partial charge in [-0.25, -0.2) is 0 Å². The van der Waals surface area contributed by atoms with Gasteiger partial charge in [-0.3, -0.25) is 9.59 Å². The molecule has 0 aromatic carbocycles. The number of rotatable bonds is 6. The summed E-state index contributed by atoms with van der Waals surface area (Å²) in [4.78, 5) is 22.6. The average Bonchev–Trinajstić information content (AvgIpc) is 2.11. The van der Waals surface area contributed by atoms with E-state index >= 15 is 0 Å². The van der Waals surface area contributed by atoms with Gasteiger partial charge >= 0.3 is 0 Å². The average molecular weight is 184 g/mol. The van der Waals surface area contributed by atoms with Crippen molar-refractivity contribution >= 4 is 11.6 Å². The molecule has 0 aromatic rings. The second-order valence-electron chi connectivity index (χ2n) is 4.03. The summed E-state index contributed by atoms with van der Waals surface area (Å²) in [5.41, 5.74) is 0. The largest absolute Gasteiger partial charge is 0.291 e. The lowest BCUT2D eigenvalue weighted by Crippen LogP contribution is -2.21. The van der Waals surface area contributed by atoms with Gasteiger partial charge in [0.25, 0.3) is 0 Å². The maximum atomic E-state index is 11.3. The monoisotopic (exact) mass is 184 g/mol. The number of hydrogen-bond acceptors (Lipinski definition) is 2. The minimum absolute atomic E-state index is 0.0975. The molecule has 0 bridgehead atoms. The summed E-state index contributed by atoms with van der Waals surface area (Å²) in [6.45, 7) is 7.86. The molecule has 1 atom stereocenters. The van der Waals surface area contributed by atoms with E-state index in [-0.39, 0.29) is 17.5 Å². The fourth-order valence-corrected chi connectivity index (χ4v) is 1.00. The standard InChI is InChI=1S/C11H20O2/c1-5-9(4)11(13)10(12)7-6-8(2)3/h8-9H,5-7H2,1-4H3. The van der Waals surface area contributed by atoms with Crippen LogP contribution in [0.15, 0.2) is 0 Å². The van der Waals surface area contributed by atoms with E-state index in [4.69, 9.17) is 0 Å². The number of hydrogen-bond donors (Lipinski definition) is 0. The molecule has 0 amide bonds. The summed E-state index contributed by atoms with van der Waals surface area (Å²) in [5, 5.41) is 0. The fourth-order valence-electron chi connectivity index (χ4n) is 1.00. The summed E-state index contributed by atoms with van der Waals surface area (Å²) in [6, 6.07) is 0. The van der Waals surface area contributed by atoms with Gasteiger partial charge in [0, 0.05) is 12.3 Å². The van der Waals surface area contributed by atoms with Crippen LogP contribution in [-0.4, -0.2) is 11.6 Å². The zero-order chi connectivity index (χ0) is 10.4. The van der Waals surface area contributed by atoms with E-state index in [2.05, 4.69) is 13.8 Å². The maximum Gasteiger partial charge on any atom is 0.201 e. The van der Waals surface area contributed by atoms with Gasteiger partial charge in [0.05, 0.1) is 0 Å². The summed E-state index contributed by atoms with van der Waals surface area (Å²) in [6.07, 6.45) is 1.99. The summed E-state index contributed by atoms with van der Waals surface area (Å²) in [5.74, 6) is 0.0135. The quantitative estimate of drug-likeness (QED) is 0.595. The molecule has 0 aliphatic rings. The van der Waals surface area contributed by atoms with Crippen molar-refractivity contribution in [2.24, 2.45) is 11.8 Å². The minimum atomic E-state index is -0.192. The first-order valence-electron chi connectivity index (χ1n) is 5.06. The van der Waals surface area contributed by atoms with Gasteiger partial charge in [-0.1, -0.05) is 27.7 Å². The number of ketones is 2. The molecule has 1 unspecified atom stereocenters. The van der Waals surface area contributed by atoms with Crippen LogP contribution in [0.1, 0.15) is 47.0 Å². The Balaban J connectivity index is 3.90. The first-order chi connectivity index (χ1) is 5.99. The van der Waals surface area contributed by atoms with Crippen LogP contribution in [0, 0.1) is 11.8 Å². The van der Waals surface area contributed by atoms with Crippen LogP contribution >= 0.6 is 0 Å². The third-order valence-electron chi connectivity index (χ3n) is 2.28. The van der Waals surface area contributed by atoms with E-state index < -0.39 is 0 Å². The van der Waals surface area contributed by atoms with Crippen molar-refractivity contribution in [1.29, 1.82) is 0 Å². The second-order valence-corrected chi connectivity index (χ2v) is 4.03. The normalized spacial score (nSPS) is 13.0. The Morgan fingerprint density at radius 2 is 1.69 bits per heavy atom. The highest BCUT2D eigenvalue weighted by atomic mass is 16.2. The van der Waals surface area contributed by atoms with Crippen LogP contribution in [0.5, 0.6) is 0 Å². The Kier molecular flexibility index (Phi) is 5.60. The first-order valence-corrected chi connectivity index (χ1v) is 5.06. The molecule has 0 radical (unpaired) electrons. The predicted octanol–water partition coefficient (Wildman–Crippen LogP) is 2.61. The van der Waals surface area contributed by atoms with E-state index in [0.29, 0.717) is 12.3 Å². The molecule has 0 spiro atoms. The van der Waals surface area contributed by atoms with Crippen molar-refractivity contribution < 1.29 is 9.59 Å². The van der Waals surface area contributed by atoms with Crippen LogP contribution in [-0.2, 0) is 9.59 Å². The van der Waals surface area contributed by atoms with Crippen molar-refractivity contribution in [1.82, 2.24) is 0 Å². The fraction of sp³-hybridized carbons (Fsp3) is 0.818. The Labute approximate surface area is 80.7 Å². The van der Waals surface area contributed by atoms with E-state index in [1.807, 2.05) is 13.8 Å². The van der Waals surface area contributed by atoms with Crippen LogP contribution in [0.3, 0.4) is 0 Å². The van der Waals surface area contributed by atoms with Gasteiger partial charge in [-0.05, 0) is 18.8 Å². The molecule has 0 N–H and O–H groups in total. The topological polar surface area (TPSA) is 34.1 Å². The molecule has 0 aliphatic carbocycles. The zero-order valence-electron chi connectivity index (χ0n) is 9.09. The van der Waals surface area contributed by atoms with Crippen molar-refractivity contribution in [3.8, 4) is 0 Å². The molecular formula is C11H20O2. The molecule has 13 heavy (non-hydrogen) atoms. The molecule has 0 heterocycles. The molecule has 2 heteroatoms. The maximum absolute atomic E-state index is 11.3. The Morgan fingerprint density at radius 1 is 1.15 bits per heavy atom. The van der Waals surface area contributed by atoms with Gasteiger partial charge in [-0.2, -0.15) is 0 Å². The minimum Gasteiger partial charge on any atom is -0.291 e. The highest BCUT2D eigenvalue weighted by molar-refractivity contribution is 6.37. The van der Waals surface area contributed by atoms with Crippen LogP contribution in [0.4, 0.5) is 0 Å². The predicted molar refractivity (Wildman–Crippen MR) is 53.5 cm³/mol. The van der Waals surface area contributed by atoms with E-state index in [0.717, 1.165) is 12.8 Å². The molecule has 76 valence electrons. The van der Waals surface area contributed by atoms with Crippen molar-refractivity contribution in [3.63, 3.8) is 0 Å².